The Kier molecular flexibility index (Phi) is 3.21. The van der Waals surface area contributed by atoms with Gasteiger partial charge in [0.1, 0.15) is 5.69 Å². The average molecular weight is 352 g/mol. The largest absolute Gasteiger partial charge is 0.244 e. The van der Waals surface area contributed by atoms with Crippen LogP contribution in [-0.2, 0) is 0 Å². The molecule has 4 aromatic rings. The molecule has 1 aliphatic carbocycles. The average Bonchev–Trinajstić information content (AvgIpc) is 3.22. The van der Waals surface area contributed by atoms with Crippen molar-refractivity contribution < 1.29 is 0 Å². The van der Waals surface area contributed by atoms with Gasteiger partial charge in [-0.1, -0.05) is 30.3 Å². The van der Waals surface area contributed by atoms with Crippen LogP contribution in [0.1, 0.15) is 16.1 Å². The second-order valence-electron chi connectivity index (χ2n) is 6.13. The van der Waals surface area contributed by atoms with Gasteiger partial charge in [-0.3, -0.25) is 0 Å². The van der Waals surface area contributed by atoms with Gasteiger partial charge in [0.25, 0.3) is 0 Å². The number of benzene rings is 2. The number of rotatable bonds is 1. The summed E-state index contributed by atoms with van der Waals surface area (Å²) in [6.07, 6.45) is 0. The fourth-order valence-electron chi connectivity index (χ4n) is 3.33. The van der Waals surface area contributed by atoms with Crippen LogP contribution in [0.4, 0.5) is 0 Å². The number of fused-ring (bicyclic) bond motifs is 4. The lowest BCUT2D eigenvalue weighted by atomic mass is 10.1. The Balaban J connectivity index is 1.76. The summed E-state index contributed by atoms with van der Waals surface area (Å²) in [5, 5.41) is 3.99. The highest BCUT2D eigenvalue weighted by Crippen LogP contribution is 2.36. The molecule has 122 valence electrons. The van der Waals surface area contributed by atoms with E-state index in [1.54, 1.807) is 11.3 Å². The molecule has 0 bridgehead atoms. The molecule has 0 N–H and O–H groups in total. The summed E-state index contributed by atoms with van der Waals surface area (Å²) in [5.41, 5.74) is 6.81. The Labute approximate surface area is 154 Å². The van der Waals surface area contributed by atoms with Gasteiger partial charge in [0.15, 0.2) is 5.71 Å². The van der Waals surface area contributed by atoms with Crippen LogP contribution in [0.2, 0.25) is 0 Å². The van der Waals surface area contributed by atoms with E-state index in [-0.39, 0.29) is 0 Å². The molecule has 2 aromatic carbocycles. The van der Waals surface area contributed by atoms with Gasteiger partial charge >= 0.3 is 0 Å². The van der Waals surface area contributed by atoms with Crippen molar-refractivity contribution in [1.82, 2.24) is 9.97 Å². The van der Waals surface area contributed by atoms with E-state index in [1.165, 1.54) is 9.75 Å². The number of thiophene rings is 1. The number of hydrogen-bond donors (Lipinski definition) is 0. The summed E-state index contributed by atoms with van der Waals surface area (Å²) in [5.74, 6) is 0. The Morgan fingerprint density at radius 2 is 1.73 bits per heavy atom. The number of nitrogens with zero attached hydrogens (tertiary/aromatic N) is 4. The van der Waals surface area contributed by atoms with Gasteiger partial charge in [-0.15, -0.1) is 16.3 Å². The zero-order valence-electron chi connectivity index (χ0n) is 13.9. The van der Waals surface area contributed by atoms with Crippen LogP contribution in [0.15, 0.2) is 59.7 Å². The molecule has 0 amide bonds. The summed E-state index contributed by atoms with van der Waals surface area (Å²) in [7, 11) is 0. The van der Waals surface area contributed by atoms with Gasteiger partial charge in [-0.2, -0.15) is 6.57 Å². The number of hydrogen-bond acceptors (Lipinski definition) is 4. The minimum atomic E-state index is 0.609. The maximum Gasteiger partial charge on any atom is 0.181 e. The van der Waals surface area contributed by atoms with Crippen LogP contribution in [-0.4, -0.2) is 15.7 Å². The zero-order chi connectivity index (χ0) is 17.7. The van der Waals surface area contributed by atoms with E-state index >= 15 is 0 Å². The Hall–Kier alpha value is -3.36. The first-order valence-electron chi connectivity index (χ1n) is 8.18. The fourth-order valence-corrected chi connectivity index (χ4v) is 4.19. The van der Waals surface area contributed by atoms with E-state index in [9.17, 15) is 0 Å². The fraction of sp³-hybridized carbons (Fsp3) is 0.0476. The monoisotopic (exact) mass is 352 g/mol. The summed E-state index contributed by atoms with van der Waals surface area (Å²) in [6.45, 7) is 9.24. The second-order valence-corrected chi connectivity index (χ2v) is 7.42. The molecule has 0 unspecified atom stereocenters. The van der Waals surface area contributed by atoms with Gasteiger partial charge in [0.2, 0.25) is 0 Å². The topological polar surface area (TPSA) is 42.5 Å². The minimum absolute atomic E-state index is 0.609. The molecule has 0 saturated carbocycles. The maximum absolute atomic E-state index is 7.13. The van der Waals surface area contributed by atoms with E-state index in [0.717, 1.165) is 33.4 Å². The minimum Gasteiger partial charge on any atom is -0.244 e. The van der Waals surface area contributed by atoms with Crippen molar-refractivity contribution in [2.75, 3.05) is 0 Å². The summed E-state index contributed by atoms with van der Waals surface area (Å²) >= 11 is 1.77. The van der Waals surface area contributed by atoms with Crippen molar-refractivity contribution in [2.24, 2.45) is 5.10 Å². The van der Waals surface area contributed by atoms with Gasteiger partial charge in [0.05, 0.1) is 21.8 Å². The van der Waals surface area contributed by atoms with Crippen LogP contribution in [0.5, 0.6) is 0 Å². The third-order valence-corrected chi connectivity index (χ3v) is 5.55. The van der Waals surface area contributed by atoms with Gasteiger partial charge in [0, 0.05) is 20.9 Å². The van der Waals surface area contributed by atoms with Gasteiger partial charge < -0.3 is 0 Å². The van der Waals surface area contributed by atoms with Gasteiger partial charge in [-0.05, 0) is 36.8 Å². The lowest BCUT2D eigenvalue weighted by Crippen LogP contribution is -2.01. The summed E-state index contributed by atoms with van der Waals surface area (Å²) in [4.78, 5) is 15.4. The molecule has 0 aliphatic heterocycles. The number of aromatic nitrogens is 2. The standard InChI is InChI=1S/C21H12N4S/c1-12-7-10-18(26-12)13-8-9-16-17(11-13)24-19-14-5-3-4-6-15(14)20(25-22-2)21(19)23-16/h3-11H,1H3. The third-order valence-electron chi connectivity index (χ3n) is 4.50. The van der Waals surface area contributed by atoms with Crippen molar-refractivity contribution in [3.8, 4) is 21.7 Å². The van der Waals surface area contributed by atoms with Crippen molar-refractivity contribution in [1.29, 1.82) is 0 Å². The first kappa shape index (κ1) is 14.9. The Morgan fingerprint density at radius 3 is 2.50 bits per heavy atom. The summed E-state index contributed by atoms with van der Waals surface area (Å²) in [6, 6.07) is 18.3. The molecular formula is C21H12N4S. The van der Waals surface area contributed by atoms with Crippen LogP contribution in [0.3, 0.4) is 0 Å². The molecule has 26 heavy (non-hydrogen) atoms. The van der Waals surface area contributed by atoms with Crippen LogP contribution in [0, 0.1) is 13.5 Å². The lowest BCUT2D eigenvalue weighted by molar-refractivity contribution is 1.28. The van der Waals surface area contributed by atoms with E-state index < -0.39 is 0 Å². The molecule has 0 fully saturated rings. The highest BCUT2D eigenvalue weighted by molar-refractivity contribution is 7.15. The predicted octanol–water partition coefficient (Wildman–Crippen LogP) is 5.32. The molecule has 0 saturated heterocycles. The molecule has 0 radical (unpaired) electrons. The quantitative estimate of drug-likeness (QED) is 0.303. The van der Waals surface area contributed by atoms with Crippen molar-refractivity contribution in [2.45, 2.75) is 6.92 Å². The molecule has 2 aromatic heterocycles. The van der Waals surface area contributed by atoms with E-state index in [0.29, 0.717) is 11.4 Å². The highest BCUT2D eigenvalue weighted by atomic mass is 32.1. The smallest absolute Gasteiger partial charge is 0.181 e. The molecule has 1 aliphatic rings. The lowest BCUT2D eigenvalue weighted by Gasteiger charge is -2.04. The highest BCUT2D eigenvalue weighted by Gasteiger charge is 2.30. The molecular weight excluding hydrogens is 340 g/mol. The molecule has 2 heterocycles. The second kappa shape index (κ2) is 5.58. The molecule has 5 rings (SSSR count). The van der Waals surface area contributed by atoms with Crippen LogP contribution >= 0.6 is 11.3 Å². The number of aryl methyl sites for hydroxylation is 1. The van der Waals surface area contributed by atoms with Crippen molar-refractivity contribution >= 4 is 28.1 Å². The molecule has 0 spiro atoms. The maximum atomic E-state index is 7.13. The SMILES string of the molecule is [C-]#[N+]N=C1c2ccccc2-c2nc3cc(-c4ccc(C)s4)ccc3nc21. The Morgan fingerprint density at radius 1 is 0.923 bits per heavy atom. The van der Waals surface area contributed by atoms with E-state index in [4.69, 9.17) is 16.5 Å². The van der Waals surface area contributed by atoms with Crippen LogP contribution in [0.25, 0.3) is 37.7 Å². The first-order chi connectivity index (χ1) is 12.7. The molecule has 5 heteroatoms. The normalized spacial score (nSPS) is 13.6. The predicted molar refractivity (Wildman–Crippen MR) is 105 cm³/mol. The van der Waals surface area contributed by atoms with Crippen molar-refractivity contribution in [3.05, 3.63) is 82.3 Å². The van der Waals surface area contributed by atoms with Crippen LogP contribution < -0.4 is 0 Å². The zero-order valence-corrected chi connectivity index (χ0v) is 14.7. The van der Waals surface area contributed by atoms with E-state index in [1.807, 2.05) is 30.3 Å². The summed E-state index contributed by atoms with van der Waals surface area (Å²) < 4.78 is 0. The first-order valence-corrected chi connectivity index (χ1v) is 8.99. The Bertz CT molecular complexity index is 1260. The van der Waals surface area contributed by atoms with Crippen molar-refractivity contribution in [3.63, 3.8) is 0 Å². The molecule has 0 atom stereocenters. The van der Waals surface area contributed by atoms with E-state index in [2.05, 4.69) is 41.2 Å². The molecule has 4 nitrogen and oxygen atoms in total. The van der Waals surface area contributed by atoms with Gasteiger partial charge in [-0.25, -0.2) is 9.97 Å². The third kappa shape index (κ3) is 2.17.